The highest BCUT2D eigenvalue weighted by atomic mass is 32.2. The van der Waals surface area contributed by atoms with Gasteiger partial charge in [-0.3, -0.25) is 4.79 Å². The van der Waals surface area contributed by atoms with Crippen LogP contribution in [0.3, 0.4) is 0 Å². The standard InChI is InChI=1S/C18H19N5O3S/c1-12-6-7-19-23(12)16-4-5-18(22-21-16)27-11-17(24)20-13-8-14(25-2)10-15(9-13)26-3/h4-10H,11H2,1-3H3,(H,20,24). The number of ether oxygens (including phenoxy) is 2. The molecule has 0 aliphatic carbocycles. The fraction of sp³-hybridized carbons (Fsp3) is 0.222. The topological polar surface area (TPSA) is 91.2 Å². The molecule has 2 heterocycles. The molecule has 2 aromatic heterocycles. The van der Waals surface area contributed by atoms with Gasteiger partial charge in [-0.2, -0.15) is 5.10 Å². The number of thioether (sulfide) groups is 1. The number of anilines is 1. The molecule has 0 bridgehead atoms. The number of carbonyl (C=O) groups excluding carboxylic acids is 1. The SMILES string of the molecule is COc1cc(NC(=O)CSc2ccc(-n3nccc3C)nn2)cc(OC)c1. The number of methoxy groups -OCH3 is 2. The van der Waals surface area contributed by atoms with Crippen molar-refractivity contribution < 1.29 is 14.3 Å². The van der Waals surface area contributed by atoms with Crippen molar-refractivity contribution in [2.24, 2.45) is 0 Å². The highest BCUT2D eigenvalue weighted by Crippen LogP contribution is 2.26. The van der Waals surface area contributed by atoms with Crippen LogP contribution in [0.2, 0.25) is 0 Å². The second-order valence-electron chi connectivity index (χ2n) is 5.55. The smallest absolute Gasteiger partial charge is 0.234 e. The van der Waals surface area contributed by atoms with E-state index in [2.05, 4.69) is 20.6 Å². The lowest BCUT2D eigenvalue weighted by Crippen LogP contribution is -2.14. The van der Waals surface area contributed by atoms with E-state index in [4.69, 9.17) is 9.47 Å². The fourth-order valence-corrected chi connectivity index (χ4v) is 2.94. The number of amides is 1. The fourth-order valence-electron chi connectivity index (χ4n) is 2.33. The predicted octanol–water partition coefficient (Wildman–Crippen LogP) is 2.72. The molecule has 140 valence electrons. The second kappa shape index (κ2) is 8.54. The average Bonchev–Trinajstić information content (AvgIpc) is 3.12. The minimum Gasteiger partial charge on any atom is -0.497 e. The number of rotatable bonds is 7. The normalized spacial score (nSPS) is 10.5. The summed E-state index contributed by atoms with van der Waals surface area (Å²) in [6.45, 7) is 1.94. The van der Waals surface area contributed by atoms with Crippen LogP contribution in [0.15, 0.2) is 47.6 Å². The van der Waals surface area contributed by atoms with Crippen molar-refractivity contribution in [3.63, 3.8) is 0 Å². The molecule has 0 unspecified atom stereocenters. The van der Waals surface area contributed by atoms with Crippen LogP contribution < -0.4 is 14.8 Å². The summed E-state index contributed by atoms with van der Waals surface area (Å²) in [6.07, 6.45) is 1.71. The number of aryl methyl sites for hydroxylation is 1. The Morgan fingerprint density at radius 1 is 1.11 bits per heavy atom. The lowest BCUT2D eigenvalue weighted by atomic mass is 10.2. The van der Waals surface area contributed by atoms with Crippen molar-refractivity contribution in [2.45, 2.75) is 11.9 Å². The van der Waals surface area contributed by atoms with Gasteiger partial charge in [0.05, 0.1) is 20.0 Å². The van der Waals surface area contributed by atoms with Crippen LogP contribution in [-0.2, 0) is 4.79 Å². The quantitative estimate of drug-likeness (QED) is 0.625. The first-order valence-electron chi connectivity index (χ1n) is 8.09. The zero-order valence-electron chi connectivity index (χ0n) is 15.2. The Morgan fingerprint density at radius 3 is 2.41 bits per heavy atom. The van der Waals surface area contributed by atoms with Crippen LogP contribution in [0, 0.1) is 6.92 Å². The van der Waals surface area contributed by atoms with Crippen molar-refractivity contribution in [3.05, 3.63) is 48.3 Å². The van der Waals surface area contributed by atoms with Crippen LogP contribution >= 0.6 is 11.8 Å². The molecule has 0 spiro atoms. The monoisotopic (exact) mass is 385 g/mol. The Bertz CT molecular complexity index is 905. The number of benzene rings is 1. The Hall–Kier alpha value is -3.07. The molecule has 0 radical (unpaired) electrons. The van der Waals surface area contributed by atoms with Crippen molar-refractivity contribution in [2.75, 3.05) is 25.3 Å². The molecular weight excluding hydrogens is 366 g/mol. The largest absolute Gasteiger partial charge is 0.497 e. The van der Waals surface area contributed by atoms with Crippen molar-refractivity contribution in [3.8, 4) is 17.3 Å². The van der Waals surface area contributed by atoms with Crippen LogP contribution in [-0.4, -0.2) is 45.9 Å². The van der Waals surface area contributed by atoms with E-state index in [0.29, 0.717) is 28.0 Å². The maximum absolute atomic E-state index is 12.2. The molecule has 3 rings (SSSR count). The Labute approximate surface area is 160 Å². The highest BCUT2D eigenvalue weighted by Gasteiger charge is 2.09. The lowest BCUT2D eigenvalue weighted by molar-refractivity contribution is -0.113. The molecule has 0 aliphatic rings. The zero-order chi connectivity index (χ0) is 19.2. The van der Waals surface area contributed by atoms with Gasteiger partial charge < -0.3 is 14.8 Å². The second-order valence-corrected chi connectivity index (χ2v) is 6.55. The van der Waals surface area contributed by atoms with E-state index in [1.54, 1.807) is 43.3 Å². The summed E-state index contributed by atoms with van der Waals surface area (Å²) in [5.74, 6) is 1.88. The van der Waals surface area contributed by atoms with E-state index >= 15 is 0 Å². The predicted molar refractivity (Wildman–Crippen MR) is 103 cm³/mol. The van der Waals surface area contributed by atoms with E-state index in [1.807, 2.05) is 25.1 Å². The summed E-state index contributed by atoms with van der Waals surface area (Å²) in [6, 6.07) is 10.7. The van der Waals surface area contributed by atoms with Gasteiger partial charge in [0.2, 0.25) is 5.91 Å². The van der Waals surface area contributed by atoms with Gasteiger partial charge >= 0.3 is 0 Å². The number of nitrogens with one attached hydrogen (secondary N) is 1. The summed E-state index contributed by atoms with van der Waals surface area (Å²) in [7, 11) is 3.12. The first-order chi connectivity index (χ1) is 13.1. The van der Waals surface area contributed by atoms with Crippen LogP contribution in [0.5, 0.6) is 11.5 Å². The third kappa shape index (κ3) is 4.76. The number of hydrogen-bond acceptors (Lipinski definition) is 7. The van der Waals surface area contributed by atoms with E-state index in [1.165, 1.54) is 11.8 Å². The number of carbonyl (C=O) groups is 1. The maximum atomic E-state index is 12.2. The number of hydrogen-bond donors (Lipinski definition) is 1. The molecule has 9 heteroatoms. The minimum absolute atomic E-state index is 0.163. The van der Waals surface area contributed by atoms with Gasteiger partial charge in [-0.25, -0.2) is 4.68 Å². The molecule has 0 aliphatic heterocycles. The summed E-state index contributed by atoms with van der Waals surface area (Å²) < 4.78 is 12.1. The Kier molecular flexibility index (Phi) is 5.92. The third-order valence-corrected chi connectivity index (χ3v) is 4.58. The van der Waals surface area contributed by atoms with Gasteiger partial charge in [0.25, 0.3) is 0 Å². The van der Waals surface area contributed by atoms with Gasteiger partial charge in [0.15, 0.2) is 5.82 Å². The van der Waals surface area contributed by atoms with Crippen molar-refractivity contribution in [1.29, 1.82) is 0 Å². The molecule has 0 saturated carbocycles. The molecule has 1 N–H and O–H groups in total. The van der Waals surface area contributed by atoms with Gasteiger partial charge in [-0.05, 0) is 25.1 Å². The molecule has 0 saturated heterocycles. The van der Waals surface area contributed by atoms with Gasteiger partial charge in [0, 0.05) is 35.8 Å². The number of nitrogens with zero attached hydrogens (tertiary/aromatic N) is 4. The van der Waals surface area contributed by atoms with E-state index in [9.17, 15) is 4.79 Å². The molecule has 8 nitrogen and oxygen atoms in total. The highest BCUT2D eigenvalue weighted by molar-refractivity contribution is 7.99. The van der Waals surface area contributed by atoms with Crippen molar-refractivity contribution >= 4 is 23.4 Å². The molecule has 1 aromatic carbocycles. The molecule has 0 fully saturated rings. The van der Waals surface area contributed by atoms with Crippen LogP contribution in [0.25, 0.3) is 5.82 Å². The summed E-state index contributed by atoms with van der Waals surface area (Å²) in [5, 5.41) is 16.0. The van der Waals surface area contributed by atoms with Gasteiger partial charge in [0.1, 0.15) is 16.5 Å². The summed E-state index contributed by atoms with van der Waals surface area (Å²) in [5.41, 5.74) is 1.57. The van der Waals surface area contributed by atoms with Gasteiger partial charge in [-0.15, -0.1) is 10.2 Å². The lowest BCUT2D eigenvalue weighted by Gasteiger charge is -2.09. The molecule has 3 aromatic rings. The molecule has 27 heavy (non-hydrogen) atoms. The van der Waals surface area contributed by atoms with Gasteiger partial charge in [-0.1, -0.05) is 11.8 Å². The van der Waals surface area contributed by atoms with E-state index in [-0.39, 0.29) is 11.7 Å². The van der Waals surface area contributed by atoms with Crippen molar-refractivity contribution in [1.82, 2.24) is 20.0 Å². The molecular formula is C18H19N5O3S. The summed E-state index contributed by atoms with van der Waals surface area (Å²) >= 11 is 1.30. The Morgan fingerprint density at radius 2 is 1.85 bits per heavy atom. The van der Waals surface area contributed by atoms with Crippen LogP contribution in [0.1, 0.15) is 5.69 Å². The average molecular weight is 385 g/mol. The maximum Gasteiger partial charge on any atom is 0.234 e. The molecule has 1 amide bonds. The molecule has 0 atom stereocenters. The first-order valence-corrected chi connectivity index (χ1v) is 9.08. The first kappa shape index (κ1) is 18.7. The zero-order valence-corrected chi connectivity index (χ0v) is 16.0. The summed E-state index contributed by atoms with van der Waals surface area (Å²) in [4.78, 5) is 12.2. The van der Waals surface area contributed by atoms with Crippen LogP contribution in [0.4, 0.5) is 5.69 Å². The minimum atomic E-state index is -0.163. The van der Waals surface area contributed by atoms with E-state index in [0.717, 1.165) is 5.69 Å². The third-order valence-electron chi connectivity index (χ3n) is 3.66. The van der Waals surface area contributed by atoms with E-state index < -0.39 is 0 Å². The number of aromatic nitrogens is 4. The Balaban J connectivity index is 1.58.